The van der Waals surface area contributed by atoms with Crippen LogP contribution in [0.1, 0.15) is 16.0 Å². The lowest BCUT2D eigenvalue weighted by Gasteiger charge is -2.00. The van der Waals surface area contributed by atoms with E-state index in [9.17, 15) is 0 Å². The van der Waals surface area contributed by atoms with Gasteiger partial charge in [0, 0.05) is 10.6 Å². The van der Waals surface area contributed by atoms with Crippen molar-refractivity contribution in [3.8, 4) is 6.07 Å². The maximum absolute atomic E-state index is 8.77. The predicted molar refractivity (Wildman–Crippen MR) is 60.8 cm³/mol. The second kappa shape index (κ2) is 3.61. The van der Waals surface area contributed by atoms with E-state index >= 15 is 0 Å². The first-order valence-electron chi connectivity index (χ1n) is 4.23. The Labute approximate surface area is 91.5 Å². The van der Waals surface area contributed by atoms with Gasteiger partial charge in [-0.1, -0.05) is 0 Å². The van der Waals surface area contributed by atoms with E-state index in [4.69, 9.17) is 16.9 Å². The van der Waals surface area contributed by atoms with Gasteiger partial charge in [0.25, 0.3) is 0 Å². The standard InChI is InChI=1S/C11H8ClNS/c1-7-2-11-8(3-9(7)5-12)4-10(6-13)14-11/h2-4H,5H2,1H3. The van der Waals surface area contributed by atoms with Crippen LogP contribution in [0.4, 0.5) is 0 Å². The van der Waals surface area contributed by atoms with Crippen LogP contribution in [0, 0.1) is 18.3 Å². The Morgan fingerprint density at radius 1 is 1.43 bits per heavy atom. The molecule has 2 rings (SSSR count). The molecule has 1 nitrogen and oxygen atoms in total. The number of halogens is 1. The summed E-state index contributed by atoms with van der Waals surface area (Å²) in [6.45, 7) is 2.04. The molecule has 0 aliphatic rings. The summed E-state index contributed by atoms with van der Waals surface area (Å²) >= 11 is 7.34. The van der Waals surface area contributed by atoms with Crippen LogP contribution >= 0.6 is 22.9 Å². The molecule has 70 valence electrons. The highest BCUT2D eigenvalue weighted by Gasteiger charge is 2.04. The van der Waals surface area contributed by atoms with Gasteiger partial charge in [-0.05, 0) is 41.6 Å². The average Bonchev–Trinajstić information content (AvgIpc) is 2.58. The first-order valence-corrected chi connectivity index (χ1v) is 5.59. The molecule has 0 fully saturated rings. The monoisotopic (exact) mass is 221 g/mol. The van der Waals surface area contributed by atoms with Crippen LogP contribution in [-0.4, -0.2) is 0 Å². The highest BCUT2D eigenvalue weighted by molar-refractivity contribution is 7.19. The molecule has 1 aromatic heterocycles. The van der Waals surface area contributed by atoms with E-state index in [-0.39, 0.29) is 0 Å². The molecular weight excluding hydrogens is 214 g/mol. The third-order valence-electron chi connectivity index (χ3n) is 2.23. The fourth-order valence-corrected chi connectivity index (χ4v) is 2.66. The molecule has 0 aliphatic carbocycles. The van der Waals surface area contributed by atoms with Gasteiger partial charge in [0.15, 0.2) is 0 Å². The van der Waals surface area contributed by atoms with Crippen molar-refractivity contribution in [2.24, 2.45) is 0 Å². The van der Waals surface area contributed by atoms with Crippen molar-refractivity contribution >= 4 is 33.0 Å². The molecule has 0 spiro atoms. The number of rotatable bonds is 1. The zero-order chi connectivity index (χ0) is 10.1. The third kappa shape index (κ3) is 1.50. The van der Waals surface area contributed by atoms with E-state index in [0.29, 0.717) is 5.88 Å². The smallest absolute Gasteiger partial charge is 0.110 e. The van der Waals surface area contributed by atoms with Crippen LogP contribution in [0.5, 0.6) is 0 Å². The van der Waals surface area contributed by atoms with Gasteiger partial charge < -0.3 is 0 Å². The Bertz CT molecular complexity index is 522. The summed E-state index contributed by atoms with van der Waals surface area (Å²) in [5.41, 5.74) is 2.33. The number of hydrogen-bond donors (Lipinski definition) is 0. The minimum Gasteiger partial charge on any atom is -0.192 e. The van der Waals surface area contributed by atoms with Crippen LogP contribution in [0.2, 0.25) is 0 Å². The maximum Gasteiger partial charge on any atom is 0.110 e. The molecule has 0 bridgehead atoms. The van der Waals surface area contributed by atoms with Crippen molar-refractivity contribution in [3.05, 3.63) is 34.2 Å². The largest absolute Gasteiger partial charge is 0.192 e. The Kier molecular flexibility index (Phi) is 2.45. The van der Waals surface area contributed by atoms with E-state index in [0.717, 1.165) is 20.5 Å². The second-order valence-electron chi connectivity index (χ2n) is 3.17. The van der Waals surface area contributed by atoms with Crippen molar-refractivity contribution in [2.45, 2.75) is 12.8 Å². The molecule has 2 aromatic rings. The number of nitrogens with zero attached hydrogens (tertiary/aromatic N) is 1. The number of alkyl halides is 1. The van der Waals surface area contributed by atoms with Crippen LogP contribution in [0.3, 0.4) is 0 Å². The summed E-state index contributed by atoms with van der Waals surface area (Å²) in [5.74, 6) is 0.527. The molecule has 0 atom stereocenters. The summed E-state index contributed by atoms with van der Waals surface area (Å²) in [6, 6.07) is 8.23. The highest BCUT2D eigenvalue weighted by Crippen LogP contribution is 2.28. The van der Waals surface area contributed by atoms with Crippen molar-refractivity contribution in [2.75, 3.05) is 0 Å². The van der Waals surface area contributed by atoms with Gasteiger partial charge in [-0.25, -0.2) is 0 Å². The Morgan fingerprint density at radius 3 is 2.86 bits per heavy atom. The molecule has 3 heteroatoms. The summed E-state index contributed by atoms with van der Waals surface area (Å²) < 4.78 is 1.16. The first kappa shape index (κ1) is 9.51. The molecule has 0 aliphatic heterocycles. The lowest BCUT2D eigenvalue weighted by molar-refractivity contribution is 1.32. The minimum atomic E-state index is 0.527. The molecule has 0 N–H and O–H groups in total. The van der Waals surface area contributed by atoms with E-state index in [2.05, 4.69) is 18.2 Å². The Morgan fingerprint density at radius 2 is 2.21 bits per heavy atom. The molecule has 1 heterocycles. The predicted octanol–water partition coefficient (Wildman–Crippen LogP) is 3.82. The summed E-state index contributed by atoms with van der Waals surface area (Å²) in [5, 5.41) is 9.89. The Balaban J connectivity index is 2.71. The third-order valence-corrected chi connectivity index (χ3v) is 3.52. The summed E-state index contributed by atoms with van der Waals surface area (Å²) in [4.78, 5) is 0.756. The quantitative estimate of drug-likeness (QED) is 0.672. The van der Waals surface area contributed by atoms with E-state index in [1.165, 1.54) is 16.9 Å². The van der Waals surface area contributed by atoms with Gasteiger partial charge in [-0.2, -0.15) is 5.26 Å². The molecular formula is C11H8ClNS. The fourth-order valence-electron chi connectivity index (χ4n) is 1.43. The SMILES string of the molecule is Cc1cc2sc(C#N)cc2cc1CCl. The fraction of sp³-hybridized carbons (Fsp3) is 0.182. The number of nitriles is 1. The van der Waals surface area contributed by atoms with Crippen molar-refractivity contribution < 1.29 is 0 Å². The molecule has 14 heavy (non-hydrogen) atoms. The number of thiophene rings is 1. The van der Waals surface area contributed by atoms with Crippen LogP contribution in [0.25, 0.3) is 10.1 Å². The molecule has 1 aromatic carbocycles. The van der Waals surface area contributed by atoms with Crippen molar-refractivity contribution in [3.63, 3.8) is 0 Å². The Hall–Kier alpha value is -1.04. The van der Waals surface area contributed by atoms with E-state index in [1.807, 2.05) is 13.0 Å². The normalized spacial score (nSPS) is 10.4. The van der Waals surface area contributed by atoms with Gasteiger partial charge in [0.05, 0.1) is 0 Å². The lowest BCUT2D eigenvalue weighted by Crippen LogP contribution is -1.82. The van der Waals surface area contributed by atoms with Gasteiger partial charge in [-0.15, -0.1) is 22.9 Å². The number of fused-ring (bicyclic) bond motifs is 1. The lowest BCUT2D eigenvalue weighted by atomic mass is 10.1. The van der Waals surface area contributed by atoms with Gasteiger partial charge in [-0.3, -0.25) is 0 Å². The number of benzene rings is 1. The van der Waals surface area contributed by atoms with E-state index in [1.54, 1.807) is 0 Å². The van der Waals surface area contributed by atoms with Crippen LogP contribution < -0.4 is 0 Å². The molecule has 0 unspecified atom stereocenters. The number of aryl methyl sites for hydroxylation is 1. The zero-order valence-electron chi connectivity index (χ0n) is 7.67. The minimum absolute atomic E-state index is 0.527. The second-order valence-corrected chi connectivity index (χ2v) is 4.52. The van der Waals surface area contributed by atoms with Crippen LogP contribution in [-0.2, 0) is 5.88 Å². The van der Waals surface area contributed by atoms with Crippen molar-refractivity contribution in [1.82, 2.24) is 0 Å². The maximum atomic E-state index is 8.77. The van der Waals surface area contributed by atoms with Gasteiger partial charge >= 0.3 is 0 Å². The summed E-state index contributed by atoms with van der Waals surface area (Å²) in [7, 11) is 0. The average molecular weight is 222 g/mol. The molecule has 0 amide bonds. The first-order chi connectivity index (χ1) is 6.74. The summed E-state index contributed by atoms with van der Waals surface area (Å²) in [6.07, 6.45) is 0. The van der Waals surface area contributed by atoms with Crippen molar-refractivity contribution in [1.29, 1.82) is 5.26 Å². The van der Waals surface area contributed by atoms with Gasteiger partial charge in [0.1, 0.15) is 10.9 Å². The van der Waals surface area contributed by atoms with E-state index < -0.39 is 0 Å². The van der Waals surface area contributed by atoms with Crippen LogP contribution in [0.15, 0.2) is 18.2 Å². The van der Waals surface area contributed by atoms with Gasteiger partial charge in [0.2, 0.25) is 0 Å². The zero-order valence-corrected chi connectivity index (χ0v) is 9.25. The number of hydrogen-bond acceptors (Lipinski definition) is 2. The highest BCUT2D eigenvalue weighted by atomic mass is 35.5. The molecule has 0 saturated heterocycles. The molecule has 0 saturated carbocycles. The topological polar surface area (TPSA) is 23.8 Å². The molecule has 0 radical (unpaired) electrons.